The molecule has 0 bridgehead atoms. The Bertz CT molecular complexity index is 372. The number of nitrogens with zero attached hydrogens (tertiary/aromatic N) is 1. The number of aliphatic imine (C=N–C) groups is 1. The van der Waals surface area contributed by atoms with Gasteiger partial charge in [-0.15, -0.1) is 0 Å². The van der Waals surface area contributed by atoms with Gasteiger partial charge in [-0.05, 0) is 17.7 Å². The lowest BCUT2D eigenvalue weighted by molar-refractivity contribution is 0.561. The first-order valence-electron chi connectivity index (χ1n) is 4.13. The third-order valence-electron chi connectivity index (χ3n) is 1.92. The first-order chi connectivity index (χ1) is 6.65. The van der Waals surface area contributed by atoms with E-state index in [0.29, 0.717) is 16.6 Å². The van der Waals surface area contributed by atoms with Crippen molar-refractivity contribution in [1.82, 2.24) is 0 Å². The third-order valence-corrected chi connectivity index (χ3v) is 2.49. The number of isocyanates is 1. The first-order valence-corrected chi connectivity index (χ1v) is 4.89. The minimum Gasteiger partial charge on any atom is -0.211 e. The van der Waals surface area contributed by atoms with E-state index in [9.17, 15) is 4.79 Å². The van der Waals surface area contributed by atoms with Crippen LogP contribution >= 0.6 is 23.2 Å². The molecule has 2 nitrogen and oxygen atoms in total. The van der Waals surface area contributed by atoms with Crippen molar-refractivity contribution in [2.75, 3.05) is 6.54 Å². The maximum absolute atomic E-state index is 9.93. The molecule has 0 N–H and O–H groups in total. The van der Waals surface area contributed by atoms with Crippen LogP contribution < -0.4 is 0 Å². The van der Waals surface area contributed by atoms with Gasteiger partial charge < -0.3 is 0 Å². The van der Waals surface area contributed by atoms with Crippen LogP contribution in [0.2, 0.25) is 10.0 Å². The normalized spacial score (nSPS) is 11.9. The molecule has 0 amide bonds. The second-order valence-corrected chi connectivity index (χ2v) is 3.84. The van der Waals surface area contributed by atoms with Crippen molar-refractivity contribution in [2.45, 2.75) is 12.8 Å². The Balaban J connectivity index is 2.89. The van der Waals surface area contributed by atoms with E-state index in [1.165, 1.54) is 6.08 Å². The molecule has 0 saturated carbocycles. The van der Waals surface area contributed by atoms with Gasteiger partial charge in [0.25, 0.3) is 0 Å². The monoisotopic (exact) mass is 229 g/mol. The summed E-state index contributed by atoms with van der Waals surface area (Å²) in [5, 5.41) is 1.20. The molecule has 0 radical (unpaired) electrons. The Morgan fingerprint density at radius 3 is 2.79 bits per heavy atom. The van der Waals surface area contributed by atoms with Crippen molar-refractivity contribution in [3.8, 4) is 0 Å². The third kappa shape index (κ3) is 2.85. The van der Waals surface area contributed by atoms with Crippen LogP contribution in [0.15, 0.2) is 23.2 Å². The Kier molecular flexibility index (Phi) is 4.15. The lowest BCUT2D eigenvalue weighted by Gasteiger charge is -2.10. The van der Waals surface area contributed by atoms with Gasteiger partial charge in [-0.3, -0.25) is 0 Å². The molecule has 0 saturated heterocycles. The van der Waals surface area contributed by atoms with Crippen LogP contribution in [-0.2, 0) is 4.79 Å². The van der Waals surface area contributed by atoms with Crippen molar-refractivity contribution >= 4 is 29.3 Å². The Morgan fingerprint density at radius 2 is 2.21 bits per heavy atom. The molecule has 1 rings (SSSR count). The summed E-state index contributed by atoms with van der Waals surface area (Å²) >= 11 is 11.7. The highest BCUT2D eigenvalue weighted by Gasteiger charge is 2.09. The number of benzene rings is 1. The fraction of sp³-hybridized carbons (Fsp3) is 0.300. The van der Waals surface area contributed by atoms with E-state index < -0.39 is 0 Å². The fourth-order valence-corrected chi connectivity index (χ4v) is 1.77. The molecule has 0 heterocycles. The average molecular weight is 230 g/mol. The summed E-state index contributed by atoms with van der Waals surface area (Å²) in [6, 6.07) is 5.29. The molecule has 1 unspecified atom stereocenters. The molecule has 14 heavy (non-hydrogen) atoms. The Morgan fingerprint density at radius 1 is 1.50 bits per heavy atom. The average Bonchev–Trinajstić information content (AvgIpc) is 2.14. The zero-order chi connectivity index (χ0) is 10.6. The number of rotatable bonds is 3. The molecular weight excluding hydrogens is 221 g/mol. The van der Waals surface area contributed by atoms with E-state index in [1.807, 2.05) is 13.0 Å². The first kappa shape index (κ1) is 11.3. The molecule has 0 aliphatic carbocycles. The van der Waals surface area contributed by atoms with Crippen molar-refractivity contribution in [3.05, 3.63) is 33.8 Å². The van der Waals surface area contributed by atoms with Gasteiger partial charge in [-0.2, -0.15) is 0 Å². The quantitative estimate of drug-likeness (QED) is 0.577. The molecule has 0 aliphatic rings. The second kappa shape index (κ2) is 5.16. The standard InChI is InChI=1S/C10H9Cl2NO/c1-7(5-13-6-14)9-3-2-8(11)4-10(9)12/h2-4,7H,5H2,1H3. The smallest absolute Gasteiger partial charge is 0.211 e. The van der Waals surface area contributed by atoms with E-state index in [4.69, 9.17) is 23.2 Å². The highest BCUT2D eigenvalue weighted by molar-refractivity contribution is 6.35. The zero-order valence-electron chi connectivity index (χ0n) is 7.63. The van der Waals surface area contributed by atoms with E-state index in [0.717, 1.165) is 5.56 Å². The number of hydrogen-bond donors (Lipinski definition) is 0. The van der Waals surface area contributed by atoms with Crippen LogP contribution in [-0.4, -0.2) is 12.6 Å². The molecular formula is C10H9Cl2NO. The predicted octanol–water partition coefficient (Wildman–Crippen LogP) is 3.43. The number of carbonyl (C=O) groups excluding carboxylic acids is 1. The summed E-state index contributed by atoms with van der Waals surface area (Å²) in [6.45, 7) is 2.33. The van der Waals surface area contributed by atoms with Crippen LogP contribution in [0, 0.1) is 0 Å². The second-order valence-electron chi connectivity index (χ2n) is 3.00. The van der Waals surface area contributed by atoms with Gasteiger partial charge in [0.05, 0.1) is 6.54 Å². The minimum atomic E-state index is 0.0983. The largest absolute Gasteiger partial charge is 0.234 e. The van der Waals surface area contributed by atoms with Crippen LogP contribution in [0.5, 0.6) is 0 Å². The maximum Gasteiger partial charge on any atom is 0.234 e. The van der Waals surface area contributed by atoms with Gasteiger partial charge >= 0.3 is 0 Å². The lowest BCUT2D eigenvalue weighted by atomic mass is 10.0. The number of halogens is 2. The maximum atomic E-state index is 9.93. The van der Waals surface area contributed by atoms with E-state index in [-0.39, 0.29) is 5.92 Å². The molecule has 74 valence electrons. The summed E-state index contributed by atoms with van der Waals surface area (Å²) in [7, 11) is 0. The molecule has 1 aromatic rings. The fourth-order valence-electron chi connectivity index (χ4n) is 1.17. The highest BCUT2D eigenvalue weighted by Crippen LogP contribution is 2.27. The van der Waals surface area contributed by atoms with Gasteiger partial charge in [0.2, 0.25) is 6.08 Å². The zero-order valence-corrected chi connectivity index (χ0v) is 9.14. The van der Waals surface area contributed by atoms with Crippen LogP contribution in [0.1, 0.15) is 18.4 Å². The van der Waals surface area contributed by atoms with E-state index in [1.54, 1.807) is 12.1 Å². The molecule has 0 aliphatic heterocycles. The van der Waals surface area contributed by atoms with Gasteiger partial charge in [0.15, 0.2) is 0 Å². The molecule has 0 fully saturated rings. The molecule has 4 heteroatoms. The van der Waals surface area contributed by atoms with Gasteiger partial charge in [0.1, 0.15) is 0 Å². The number of hydrogen-bond acceptors (Lipinski definition) is 2. The summed E-state index contributed by atoms with van der Waals surface area (Å²) in [5.41, 5.74) is 0.940. The molecule has 0 spiro atoms. The van der Waals surface area contributed by atoms with Gasteiger partial charge in [-0.1, -0.05) is 36.2 Å². The van der Waals surface area contributed by atoms with Gasteiger partial charge in [0, 0.05) is 16.0 Å². The van der Waals surface area contributed by atoms with Crippen molar-refractivity contribution in [2.24, 2.45) is 4.99 Å². The Hall–Kier alpha value is -0.820. The Labute approximate surface area is 92.6 Å². The summed E-state index contributed by atoms with van der Waals surface area (Å²) in [5.74, 6) is 0.0983. The topological polar surface area (TPSA) is 29.4 Å². The molecule has 1 aromatic carbocycles. The minimum absolute atomic E-state index is 0.0983. The van der Waals surface area contributed by atoms with E-state index >= 15 is 0 Å². The summed E-state index contributed by atoms with van der Waals surface area (Å²) < 4.78 is 0. The summed E-state index contributed by atoms with van der Waals surface area (Å²) in [6.07, 6.45) is 1.51. The molecule has 1 atom stereocenters. The van der Waals surface area contributed by atoms with Crippen LogP contribution in [0.25, 0.3) is 0 Å². The van der Waals surface area contributed by atoms with E-state index in [2.05, 4.69) is 4.99 Å². The predicted molar refractivity (Wildman–Crippen MR) is 57.9 cm³/mol. The van der Waals surface area contributed by atoms with Crippen molar-refractivity contribution in [1.29, 1.82) is 0 Å². The summed E-state index contributed by atoms with van der Waals surface area (Å²) in [4.78, 5) is 13.4. The van der Waals surface area contributed by atoms with Crippen LogP contribution in [0.3, 0.4) is 0 Å². The molecule has 0 aromatic heterocycles. The van der Waals surface area contributed by atoms with Crippen molar-refractivity contribution < 1.29 is 4.79 Å². The van der Waals surface area contributed by atoms with Crippen molar-refractivity contribution in [3.63, 3.8) is 0 Å². The van der Waals surface area contributed by atoms with Crippen LogP contribution in [0.4, 0.5) is 0 Å². The lowest BCUT2D eigenvalue weighted by Crippen LogP contribution is -1.98. The van der Waals surface area contributed by atoms with Gasteiger partial charge in [-0.25, -0.2) is 9.79 Å². The SMILES string of the molecule is CC(CN=C=O)c1ccc(Cl)cc1Cl. The highest BCUT2D eigenvalue weighted by atomic mass is 35.5.